The van der Waals surface area contributed by atoms with Crippen LogP contribution in [-0.2, 0) is 9.47 Å². The number of hydrogen-bond donors (Lipinski definition) is 8. The van der Waals surface area contributed by atoms with Gasteiger partial charge >= 0.3 is 0 Å². The van der Waals surface area contributed by atoms with E-state index in [0.29, 0.717) is 25.9 Å². The number of aliphatic hydroxyl groups is 8. The van der Waals surface area contributed by atoms with Crippen molar-refractivity contribution in [2.75, 3.05) is 45.3 Å². The van der Waals surface area contributed by atoms with E-state index in [0.717, 1.165) is 31.8 Å². The third-order valence-electron chi connectivity index (χ3n) is 8.71. The number of hydrogen-bond acceptors (Lipinski definition) is 13. The first-order valence-corrected chi connectivity index (χ1v) is 15.5. The van der Waals surface area contributed by atoms with Crippen molar-refractivity contribution in [2.24, 2.45) is 0 Å². The lowest BCUT2D eigenvalue weighted by Crippen LogP contribution is -3.00. The maximum atomic E-state index is 10.4. The SMILES string of the molecule is CN(CC[C@@H]1O[C@H](CO)[C@@H](O)[C@H](O)[C@H]1O)c1ccc2nc3ccc(=[N+](C)CC[C@@H]4O[C@H](CO)[C@@H](O)[C@H](O)[C@H]4O)cc-3sc2c1.[Br-]. The van der Waals surface area contributed by atoms with E-state index in [-0.39, 0.29) is 17.0 Å². The van der Waals surface area contributed by atoms with Crippen molar-refractivity contribution >= 4 is 27.2 Å². The van der Waals surface area contributed by atoms with Crippen LogP contribution in [-0.4, -0.2) is 147 Å². The molecule has 0 bridgehead atoms. The number of aromatic nitrogens is 1. The standard InChI is InChI=1S/C30H42N3O10S.BrH/c1-32(9-7-19-25(36)29(40)27(38)21(13-34)42-19)15-3-5-17-23(11-15)44-24-12-16(4-6-18(24)31-17)33(2)10-8-20-26(37)30(41)28(39)22(14-35)43-20;/h3-6,11-12,19-22,25-30,34-41H,7-10,13-14H2,1-2H3;1H/q+1;/p-1/t19-,20-,21+,22+,25-,26-,27+,28+,29+,30+;/m0./s1. The highest BCUT2D eigenvalue weighted by Crippen LogP contribution is 2.32. The minimum atomic E-state index is -1.39. The Morgan fingerprint density at radius 3 is 1.96 bits per heavy atom. The second-order valence-corrected chi connectivity index (χ2v) is 12.8. The van der Waals surface area contributed by atoms with Crippen LogP contribution in [0, 0.1) is 0 Å². The molecule has 1 aromatic rings. The number of halogens is 1. The summed E-state index contributed by atoms with van der Waals surface area (Å²) in [5.41, 5.74) is 2.61. The van der Waals surface area contributed by atoms with Gasteiger partial charge in [-0.2, -0.15) is 0 Å². The van der Waals surface area contributed by atoms with E-state index in [2.05, 4.69) is 0 Å². The van der Waals surface area contributed by atoms with Crippen molar-refractivity contribution in [3.05, 3.63) is 41.8 Å². The fourth-order valence-corrected chi connectivity index (χ4v) is 6.84. The second-order valence-electron chi connectivity index (χ2n) is 11.7. The molecule has 5 rings (SSSR count). The van der Waals surface area contributed by atoms with E-state index in [1.165, 1.54) is 0 Å². The Bertz CT molecular complexity index is 1460. The van der Waals surface area contributed by atoms with E-state index in [9.17, 15) is 40.9 Å². The van der Waals surface area contributed by atoms with E-state index in [1.807, 2.05) is 60.0 Å². The molecule has 4 aliphatic rings. The molecule has 13 nitrogen and oxygen atoms in total. The number of nitrogens with zero attached hydrogens (tertiary/aromatic N) is 3. The molecule has 2 fully saturated rings. The summed E-state index contributed by atoms with van der Waals surface area (Å²) in [6, 6.07) is 11.9. The number of ether oxygens (including phenoxy) is 2. The third kappa shape index (κ3) is 7.66. The first kappa shape index (κ1) is 36.0. The zero-order valence-corrected chi connectivity index (χ0v) is 27.4. The Kier molecular flexibility index (Phi) is 12.3. The summed E-state index contributed by atoms with van der Waals surface area (Å²) >= 11 is 1.59. The summed E-state index contributed by atoms with van der Waals surface area (Å²) in [7, 11) is 3.82. The van der Waals surface area contributed by atoms with Gasteiger partial charge in [-0.15, -0.1) is 11.3 Å². The van der Waals surface area contributed by atoms with Gasteiger partial charge in [-0.25, -0.2) is 9.56 Å². The van der Waals surface area contributed by atoms with Gasteiger partial charge in [-0.1, -0.05) is 0 Å². The monoisotopic (exact) mass is 715 g/mol. The average Bonchev–Trinajstić information content (AvgIpc) is 3.03. The molecular weight excluding hydrogens is 674 g/mol. The fourth-order valence-electron chi connectivity index (χ4n) is 5.81. The third-order valence-corrected chi connectivity index (χ3v) is 9.80. The van der Waals surface area contributed by atoms with Crippen LogP contribution in [0.25, 0.3) is 20.8 Å². The van der Waals surface area contributed by atoms with E-state index >= 15 is 0 Å². The van der Waals surface area contributed by atoms with Crippen LogP contribution >= 0.6 is 11.3 Å². The molecule has 0 saturated carbocycles. The molecule has 10 atom stereocenters. The predicted octanol–water partition coefficient (Wildman–Crippen LogP) is -5.29. The van der Waals surface area contributed by atoms with Crippen molar-refractivity contribution in [2.45, 2.75) is 73.9 Å². The highest BCUT2D eigenvalue weighted by molar-refractivity contribution is 7.21. The topological polar surface area (TPSA) is 199 Å². The Morgan fingerprint density at radius 1 is 0.778 bits per heavy atom. The fraction of sp³-hybridized carbons (Fsp3) is 0.600. The molecule has 3 heterocycles. The molecule has 1 aromatic carbocycles. The van der Waals surface area contributed by atoms with Gasteiger partial charge in [0.25, 0.3) is 0 Å². The summed E-state index contributed by atoms with van der Waals surface area (Å²) in [6.07, 6.45) is -10.7. The zero-order chi connectivity index (χ0) is 31.7. The molecule has 0 spiro atoms. The summed E-state index contributed by atoms with van der Waals surface area (Å²) in [5.74, 6) is 0. The quantitative estimate of drug-likeness (QED) is 0.0775. The largest absolute Gasteiger partial charge is 1.00 e. The molecule has 0 unspecified atom stereocenters. The minimum Gasteiger partial charge on any atom is -1.00 e. The van der Waals surface area contributed by atoms with Gasteiger partial charge in [0, 0.05) is 37.8 Å². The normalized spacial score (nSPS) is 32.8. The predicted molar refractivity (Wildman–Crippen MR) is 162 cm³/mol. The van der Waals surface area contributed by atoms with Gasteiger partial charge in [-0.3, -0.25) is 0 Å². The lowest BCUT2D eigenvalue weighted by Gasteiger charge is -2.40. The highest BCUT2D eigenvalue weighted by Gasteiger charge is 2.44. The second kappa shape index (κ2) is 15.4. The number of fused-ring (bicyclic) bond motifs is 2. The Hall–Kier alpha value is -1.86. The van der Waals surface area contributed by atoms with Crippen LogP contribution < -0.4 is 31.8 Å². The molecule has 0 radical (unpaired) electrons. The van der Waals surface area contributed by atoms with Gasteiger partial charge in [0.15, 0.2) is 0 Å². The van der Waals surface area contributed by atoms with Crippen molar-refractivity contribution < 1.29 is 67.3 Å². The van der Waals surface area contributed by atoms with Crippen LogP contribution in [0.1, 0.15) is 12.8 Å². The summed E-state index contributed by atoms with van der Waals surface area (Å²) in [5, 5.41) is 80.8. The van der Waals surface area contributed by atoms with Crippen LogP contribution in [0.2, 0.25) is 0 Å². The van der Waals surface area contributed by atoms with Gasteiger partial charge < -0.3 is 72.2 Å². The minimum absolute atomic E-state index is 0. The van der Waals surface area contributed by atoms with E-state index in [4.69, 9.17) is 14.5 Å². The Morgan fingerprint density at radius 2 is 1.36 bits per heavy atom. The zero-order valence-electron chi connectivity index (χ0n) is 25.0. The van der Waals surface area contributed by atoms with Gasteiger partial charge in [0.1, 0.15) is 62.4 Å². The molecule has 8 N–H and O–H groups in total. The number of rotatable bonds is 9. The molecule has 15 heteroatoms. The van der Waals surface area contributed by atoms with E-state index < -0.39 is 74.3 Å². The molecule has 3 aliphatic heterocycles. The van der Waals surface area contributed by atoms with Gasteiger partial charge in [0.2, 0.25) is 5.36 Å². The van der Waals surface area contributed by atoms with Crippen molar-refractivity contribution in [3.8, 4) is 10.6 Å². The van der Waals surface area contributed by atoms with Crippen LogP contribution in [0.15, 0.2) is 36.4 Å². The molecule has 0 aromatic heterocycles. The first-order chi connectivity index (χ1) is 21.0. The van der Waals surface area contributed by atoms with Gasteiger partial charge in [0.05, 0.1) is 46.2 Å². The molecule has 2 saturated heterocycles. The maximum absolute atomic E-state index is 10.4. The van der Waals surface area contributed by atoms with Crippen molar-refractivity contribution in [1.82, 2.24) is 9.56 Å². The molecular formula is C30H42BrN3O10S. The number of benzene rings is 2. The number of anilines is 1. The molecule has 0 amide bonds. The lowest BCUT2D eigenvalue weighted by atomic mass is 9.93. The molecule has 250 valence electrons. The van der Waals surface area contributed by atoms with E-state index in [1.54, 1.807) is 11.3 Å². The highest BCUT2D eigenvalue weighted by atomic mass is 79.9. The smallest absolute Gasteiger partial charge is 0.201 e. The van der Waals surface area contributed by atoms with Crippen molar-refractivity contribution in [3.63, 3.8) is 0 Å². The Balaban J connectivity index is 0.00000461. The van der Waals surface area contributed by atoms with Crippen LogP contribution in [0.5, 0.6) is 0 Å². The molecule has 1 aliphatic carbocycles. The van der Waals surface area contributed by atoms with Gasteiger partial charge in [-0.05, 0) is 30.7 Å². The Labute approximate surface area is 275 Å². The summed E-state index contributed by atoms with van der Waals surface area (Å²) < 4.78 is 14.3. The average molecular weight is 717 g/mol. The maximum Gasteiger partial charge on any atom is 0.201 e. The summed E-state index contributed by atoms with van der Waals surface area (Å²) in [4.78, 5) is 7.79. The number of aliphatic hydroxyl groups excluding tert-OH is 8. The lowest BCUT2D eigenvalue weighted by molar-refractivity contribution is -0.230. The van der Waals surface area contributed by atoms with Crippen LogP contribution in [0.3, 0.4) is 0 Å². The summed E-state index contributed by atoms with van der Waals surface area (Å²) in [6.45, 7) is 0.0621. The van der Waals surface area contributed by atoms with Crippen molar-refractivity contribution in [1.29, 1.82) is 0 Å². The first-order valence-electron chi connectivity index (χ1n) is 14.7. The van der Waals surface area contributed by atoms with Crippen LogP contribution in [0.4, 0.5) is 5.69 Å². The molecule has 45 heavy (non-hydrogen) atoms.